The summed E-state index contributed by atoms with van der Waals surface area (Å²) >= 11 is 0. The zero-order valence-electron chi connectivity index (χ0n) is 17.8. The van der Waals surface area contributed by atoms with Crippen molar-refractivity contribution in [2.75, 3.05) is 13.2 Å². The quantitative estimate of drug-likeness (QED) is 0.529. The number of carbonyl (C=O) groups excluding carboxylic acids is 1. The van der Waals surface area contributed by atoms with Gasteiger partial charge in [0.15, 0.2) is 0 Å². The molecule has 4 aromatic rings. The molecule has 1 N–H and O–H groups in total. The van der Waals surface area contributed by atoms with Crippen LogP contribution in [0.2, 0.25) is 0 Å². The molecule has 6 rings (SSSR count). The summed E-state index contributed by atoms with van der Waals surface area (Å²) in [5.41, 5.74) is 5.16. The van der Waals surface area contributed by atoms with E-state index in [2.05, 4.69) is 27.3 Å². The smallest absolute Gasteiger partial charge is 0.294 e. The van der Waals surface area contributed by atoms with Crippen molar-refractivity contribution in [1.29, 1.82) is 0 Å². The molecule has 162 valence electrons. The minimum absolute atomic E-state index is 0.0359. The Labute approximate surface area is 183 Å². The number of hydrogen-bond donors (Lipinski definition) is 1. The average molecular weight is 429 g/mol. The highest BCUT2D eigenvalue weighted by molar-refractivity contribution is 5.99. The van der Waals surface area contributed by atoms with Crippen molar-refractivity contribution in [3.05, 3.63) is 74.8 Å². The fraction of sp³-hybridized carbons (Fsp3) is 0.333. The van der Waals surface area contributed by atoms with Crippen LogP contribution in [0.25, 0.3) is 16.7 Å². The van der Waals surface area contributed by atoms with Gasteiger partial charge in [-0.2, -0.15) is 0 Å². The molecule has 2 aromatic heterocycles. The lowest BCUT2D eigenvalue weighted by atomic mass is 10.0. The Hall–Kier alpha value is -3.52. The maximum atomic E-state index is 13.4. The van der Waals surface area contributed by atoms with Crippen LogP contribution in [0, 0.1) is 6.92 Å². The summed E-state index contributed by atoms with van der Waals surface area (Å²) in [5.74, 6) is 0.795. The Kier molecular flexibility index (Phi) is 4.36. The van der Waals surface area contributed by atoms with Crippen LogP contribution >= 0.6 is 0 Å². The number of amides is 1. The number of nitrogens with one attached hydrogen (secondary N) is 1. The van der Waals surface area contributed by atoms with E-state index in [-0.39, 0.29) is 23.0 Å². The highest BCUT2D eigenvalue weighted by Gasteiger charge is 2.27. The highest BCUT2D eigenvalue weighted by Crippen LogP contribution is 2.29. The second-order valence-electron chi connectivity index (χ2n) is 8.70. The van der Waals surface area contributed by atoms with E-state index in [0.717, 1.165) is 36.4 Å². The topological polar surface area (TPSA) is 92.6 Å². The lowest BCUT2D eigenvalue weighted by Crippen LogP contribution is -2.26. The summed E-state index contributed by atoms with van der Waals surface area (Å²) in [6.07, 6.45) is 1.90. The van der Waals surface area contributed by atoms with E-state index in [1.54, 1.807) is 6.07 Å². The van der Waals surface area contributed by atoms with Gasteiger partial charge in [-0.25, -0.2) is 0 Å². The molecule has 1 amide bonds. The molecule has 8 heteroatoms. The third kappa shape index (κ3) is 2.94. The summed E-state index contributed by atoms with van der Waals surface area (Å²) < 4.78 is 7.47. The lowest BCUT2D eigenvalue weighted by Gasteiger charge is -2.21. The number of carbonyl (C=O) groups is 1. The SMILES string of the molecule is Cc1cc2c(cc1C(=O)N1Cc3ccccc3C1)[nH]c(=O)c1nnc(C3CCCOC3)n12. The van der Waals surface area contributed by atoms with Gasteiger partial charge >= 0.3 is 0 Å². The number of ether oxygens (including phenoxy) is 1. The highest BCUT2D eigenvalue weighted by atomic mass is 16.5. The van der Waals surface area contributed by atoms with Crippen LogP contribution in [-0.4, -0.2) is 43.6 Å². The van der Waals surface area contributed by atoms with Gasteiger partial charge in [-0.05, 0) is 48.6 Å². The molecule has 1 saturated heterocycles. The van der Waals surface area contributed by atoms with Gasteiger partial charge in [0, 0.05) is 31.2 Å². The van der Waals surface area contributed by atoms with Gasteiger partial charge in [-0.1, -0.05) is 24.3 Å². The summed E-state index contributed by atoms with van der Waals surface area (Å²) in [6, 6.07) is 11.9. The Morgan fingerprint density at radius 3 is 2.66 bits per heavy atom. The number of H-pyrrole nitrogens is 1. The minimum atomic E-state index is -0.316. The molecular weight excluding hydrogens is 406 g/mol. The fourth-order valence-electron chi connectivity index (χ4n) is 4.92. The first-order valence-corrected chi connectivity index (χ1v) is 11.0. The average Bonchev–Trinajstić information content (AvgIpc) is 3.45. The van der Waals surface area contributed by atoms with E-state index >= 15 is 0 Å². The molecule has 32 heavy (non-hydrogen) atoms. The van der Waals surface area contributed by atoms with Crippen molar-refractivity contribution in [1.82, 2.24) is 24.5 Å². The predicted octanol–water partition coefficient (Wildman–Crippen LogP) is 2.93. The molecule has 0 aliphatic carbocycles. The van der Waals surface area contributed by atoms with Crippen LogP contribution in [0.3, 0.4) is 0 Å². The van der Waals surface area contributed by atoms with Crippen molar-refractivity contribution in [3.63, 3.8) is 0 Å². The molecule has 1 atom stereocenters. The molecule has 2 aromatic carbocycles. The number of aromatic amines is 1. The van der Waals surface area contributed by atoms with Crippen LogP contribution < -0.4 is 5.56 Å². The Balaban J connectivity index is 1.45. The van der Waals surface area contributed by atoms with Gasteiger partial charge in [-0.15, -0.1) is 10.2 Å². The van der Waals surface area contributed by atoms with Gasteiger partial charge in [0.2, 0.25) is 5.65 Å². The second-order valence-corrected chi connectivity index (χ2v) is 8.70. The molecule has 0 spiro atoms. The van der Waals surface area contributed by atoms with Crippen molar-refractivity contribution in [3.8, 4) is 0 Å². The van der Waals surface area contributed by atoms with Crippen LogP contribution in [0.1, 0.15) is 51.6 Å². The van der Waals surface area contributed by atoms with Gasteiger partial charge in [0.05, 0.1) is 17.6 Å². The standard InChI is InChI=1S/C24H23N5O3/c1-14-9-20-19(10-18(14)24(31)28-11-15-5-2-3-6-16(15)12-28)25-23(30)22-27-26-21(29(20)22)17-7-4-8-32-13-17/h2-3,5-6,9-10,17H,4,7-8,11-13H2,1H3,(H,25,30). The van der Waals surface area contributed by atoms with Crippen molar-refractivity contribution < 1.29 is 9.53 Å². The van der Waals surface area contributed by atoms with Crippen molar-refractivity contribution in [2.45, 2.75) is 38.8 Å². The van der Waals surface area contributed by atoms with Gasteiger partial charge in [-0.3, -0.25) is 14.0 Å². The molecule has 2 aliphatic rings. The zero-order valence-corrected chi connectivity index (χ0v) is 17.8. The number of benzene rings is 2. The number of nitrogens with zero attached hydrogens (tertiary/aromatic N) is 4. The minimum Gasteiger partial charge on any atom is -0.381 e. The summed E-state index contributed by atoms with van der Waals surface area (Å²) in [6.45, 7) is 4.44. The van der Waals surface area contributed by atoms with E-state index in [4.69, 9.17) is 4.74 Å². The van der Waals surface area contributed by atoms with Crippen molar-refractivity contribution in [2.24, 2.45) is 0 Å². The molecule has 4 heterocycles. The van der Waals surface area contributed by atoms with Crippen LogP contribution in [-0.2, 0) is 17.8 Å². The first-order chi connectivity index (χ1) is 15.6. The number of aryl methyl sites for hydroxylation is 1. The number of fused-ring (bicyclic) bond motifs is 4. The summed E-state index contributed by atoms with van der Waals surface area (Å²) in [7, 11) is 0. The molecular formula is C24H23N5O3. The first kappa shape index (κ1) is 19.2. The van der Waals surface area contributed by atoms with Crippen LogP contribution in [0.5, 0.6) is 0 Å². The van der Waals surface area contributed by atoms with Gasteiger partial charge in [0.1, 0.15) is 5.82 Å². The van der Waals surface area contributed by atoms with E-state index in [1.807, 2.05) is 34.4 Å². The maximum absolute atomic E-state index is 13.4. The second kappa shape index (κ2) is 7.27. The van der Waals surface area contributed by atoms with E-state index in [0.29, 0.717) is 30.8 Å². The Morgan fingerprint density at radius 1 is 1.16 bits per heavy atom. The summed E-state index contributed by atoms with van der Waals surface area (Å²) in [5, 5.41) is 8.50. The van der Waals surface area contributed by atoms with E-state index in [9.17, 15) is 9.59 Å². The zero-order chi connectivity index (χ0) is 21.8. The normalized spacial score (nSPS) is 18.4. The molecule has 0 bridgehead atoms. The van der Waals surface area contributed by atoms with E-state index < -0.39 is 0 Å². The third-order valence-corrected chi connectivity index (χ3v) is 6.61. The maximum Gasteiger partial charge on any atom is 0.294 e. The van der Waals surface area contributed by atoms with Crippen LogP contribution in [0.15, 0.2) is 41.2 Å². The molecule has 0 saturated carbocycles. The van der Waals surface area contributed by atoms with Gasteiger partial charge in [0.25, 0.3) is 11.5 Å². The first-order valence-electron chi connectivity index (χ1n) is 11.0. The fourth-order valence-corrected chi connectivity index (χ4v) is 4.92. The largest absolute Gasteiger partial charge is 0.381 e. The molecule has 1 fully saturated rings. The molecule has 0 radical (unpaired) electrons. The number of aromatic nitrogens is 4. The third-order valence-electron chi connectivity index (χ3n) is 6.61. The molecule has 2 aliphatic heterocycles. The predicted molar refractivity (Wildman–Crippen MR) is 119 cm³/mol. The molecule has 1 unspecified atom stereocenters. The Morgan fingerprint density at radius 2 is 1.94 bits per heavy atom. The van der Waals surface area contributed by atoms with Crippen LogP contribution in [0.4, 0.5) is 0 Å². The summed E-state index contributed by atoms with van der Waals surface area (Å²) in [4.78, 5) is 30.9. The number of hydrogen-bond acceptors (Lipinski definition) is 5. The lowest BCUT2D eigenvalue weighted by molar-refractivity contribution is 0.0750. The monoisotopic (exact) mass is 429 g/mol. The Bertz CT molecular complexity index is 1410. The van der Waals surface area contributed by atoms with E-state index in [1.165, 1.54) is 11.1 Å². The van der Waals surface area contributed by atoms with Crippen molar-refractivity contribution >= 4 is 22.6 Å². The molecule has 8 nitrogen and oxygen atoms in total. The number of rotatable bonds is 2. The van der Waals surface area contributed by atoms with Gasteiger partial charge < -0.3 is 14.6 Å².